The van der Waals surface area contributed by atoms with E-state index in [1.54, 1.807) is 0 Å². The molecule has 4 heterocycles. The van der Waals surface area contributed by atoms with Crippen LogP contribution >= 0.6 is 12.2 Å². The summed E-state index contributed by atoms with van der Waals surface area (Å²) in [4.78, 5) is 11.2. The summed E-state index contributed by atoms with van der Waals surface area (Å²) in [5, 5.41) is 4.32. The molecule has 1 saturated heterocycles. The van der Waals surface area contributed by atoms with E-state index in [0.29, 0.717) is 6.54 Å². The number of nitrogens with one attached hydrogen (secondary N) is 1. The van der Waals surface area contributed by atoms with E-state index in [1.807, 2.05) is 30.7 Å². The van der Waals surface area contributed by atoms with Crippen LogP contribution in [0.5, 0.6) is 0 Å². The fraction of sp³-hybridized carbons (Fsp3) is 0.250. The van der Waals surface area contributed by atoms with Gasteiger partial charge in [0.25, 0.3) is 0 Å². The molecule has 0 radical (unpaired) electrons. The Labute approximate surface area is 206 Å². The number of hydrogen-bond acceptors (Lipinski definition) is 3. The minimum atomic E-state index is -0.0362. The van der Waals surface area contributed by atoms with E-state index in [4.69, 9.17) is 17.2 Å². The Hall–Kier alpha value is -3.51. The number of nitrogens with zero attached hydrogens (tertiary/aromatic N) is 4. The van der Waals surface area contributed by atoms with Crippen molar-refractivity contribution in [2.45, 2.75) is 45.8 Å². The van der Waals surface area contributed by atoms with E-state index >= 15 is 0 Å². The van der Waals surface area contributed by atoms with Gasteiger partial charge in [-0.2, -0.15) is 0 Å². The van der Waals surface area contributed by atoms with Crippen LogP contribution in [0.4, 0.5) is 0 Å². The van der Waals surface area contributed by atoms with Crippen molar-refractivity contribution in [2.75, 3.05) is 0 Å². The van der Waals surface area contributed by atoms with Crippen molar-refractivity contribution < 1.29 is 0 Å². The van der Waals surface area contributed by atoms with Gasteiger partial charge in [-0.15, -0.1) is 0 Å². The molecule has 2 atom stereocenters. The van der Waals surface area contributed by atoms with Crippen molar-refractivity contribution in [3.8, 4) is 5.69 Å². The Morgan fingerprint density at radius 2 is 1.74 bits per heavy atom. The Morgan fingerprint density at radius 1 is 0.971 bits per heavy atom. The van der Waals surface area contributed by atoms with E-state index in [0.717, 1.165) is 17.2 Å². The number of para-hydroxylation sites is 1. The summed E-state index contributed by atoms with van der Waals surface area (Å²) in [6.07, 6.45) is 6.51. The normalized spacial score (nSPS) is 17.7. The molecule has 0 bridgehead atoms. The molecule has 0 spiro atoms. The third-order valence-electron chi connectivity index (χ3n) is 6.70. The molecule has 5 rings (SSSR count). The molecule has 3 aromatic heterocycles. The number of pyridine rings is 2. The number of rotatable bonds is 6. The minimum absolute atomic E-state index is 0.0179. The summed E-state index contributed by atoms with van der Waals surface area (Å²) in [5.74, 6) is 0. The molecular weight excluding hydrogens is 438 g/mol. The zero-order valence-electron chi connectivity index (χ0n) is 19.8. The molecule has 1 aliphatic rings. The van der Waals surface area contributed by atoms with Crippen molar-refractivity contribution in [1.29, 1.82) is 0 Å². The molecule has 6 heteroatoms. The van der Waals surface area contributed by atoms with Gasteiger partial charge in [-0.1, -0.05) is 31.2 Å². The van der Waals surface area contributed by atoms with E-state index in [9.17, 15) is 0 Å². The van der Waals surface area contributed by atoms with Crippen LogP contribution in [0.3, 0.4) is 0 Å². The lowest BCUT2D eigenvalue weighted by atomic mass is 9.96. The van der Waals surface area contributed by atoms with Crippen LogP contribution in [0.1, 0.15) is 52.8 Å². The number of thiocarbonyl (C=S) groups is 1. The summed E-state index contributed by atoms with van der Waals surface area (Å²) in [5.41, 5.74) is 8.47. The molecule has 0 amide bonds. The largest absolute Gasteiger partial charge is 0.352 e. The van der Waals surface area contributed by atoms with Crippen molar-refractivity contribution >= 4 is 17.3 Å². The van der Waals surface area contributed by atoms with E-state index in [-0.39, 0.29) is 12.1 Å². The lowest BCUT2D eigenvalue weighted by Crippen LogP contribution is -2.29. The summed E-state index contributed by atoms with van der Waals surface area (Å²) in [6, 6.07) is 21.1. The fourth-order valence-electron chi connectivity index (χ4n) is 5.08. The van der Waals surface area contributed by atoms with Crippen LogP contribution in [0, 0.1) is 13.8 Å². The number of benzene rings is 1. The van der Waals surface area contributed by atoms with Gasteiger partial charge in [0.1, 0.15) is 0 Å². The molecule has 0 aliphatic carbocycles. The second kappa shape index (κ2) is 9.39. The Kier molecular flexibility index (Phi) is 6.16. The zero-order valence-corrected chi connectivity index (χ0v) is 20.6. The van der Waals surface area contributed by atoms with E-state index < -0.39 is 0 Å². The van der Waals surface area contributed by atoms with Crippen LogP contribution in [-0.4, -0.2) is 24.5 Å². The minimum Gasteiger partial charge on any atom is -0.352 e. The van der Waals surface area contributed by atoms with Crippen LogP contribution in [0.2, 0.25) is 0 Å². The van der Waals surface area contributed by atoms with Crippen LogP contribution in [0.25, 0.3) is 5.69 Å². The molecule has 0 saturated carbocycles. The molecular formula is C28H29N5S. The van der Waals surface area contributed by atoms with Gasteiger partial charge in [-0.05, 0) is 85.6 Å². The Balaban J connectivity index is 1.64. The maximum absolute atomic E-state index is 5.87. The highest BCUT2D eigenvalue weighted by molar-refractivity contribution is 7.80. The first-order chi connectivity index (χ1) is 16.6. The van der Waals surface area contributed by atoms with Crippen LogP contribution < -0.4 is 5.32 Å². The second-order valence-electron chi connectivity index (χ2n) is 8.75. The average Bonchev–Trinajstić information content (AvgIpc) is 3.35. The van der Waals surface area contributed by atoms with Crippen LogP contribution in [-0.2, 0) is 13.0 Å². The molecule has 1 fully saturated rings. The Morgan fingerprint density at radius 3 is 2.47 bits per heavy atom. The van der Waals surface area contributed by atoms with Gasteiger partial charge < -0.3 is 14.8 Å². The highest BCUT2D eigenvalue weighted by Gasteiger charge is 2.41. The summed E-state index contributed by atoms with van der Waals surface area (Å²) in [6.45, 7) is 7.32. The lowest BCUT2D eigenvalue weighted by molar-refractivity contribution is 0.310. The van der Waals surface area contributed by atoms with Gasteiger partial charge in [0.15, 0.2) is 5.11 Å². The van der Waals surface area contributed by atoms with Crippen molar-refractivity contribution in [1.82, 2.24) is 24.8 Å². The SMILES string of the molecule is CCc1ccccc1-n1c(C)cc([C@H]2[C@@H](c3ccccn3)NC(=S)N2Cc2ccncc2)c1C. The van der Waals surface area contributed by atoms with Crippen LogP contribution in [0.15, 0.2) is 79.3 Å². The predicted octanol–water partition coefficient (Wildman–Crippen LogP) is 5.62. The number of aryl methyl sites for hydroxylation is 2. The molecule has 172 valence electrons. The zero-order chi connectivity index (χ0) is 23.7. The molecule has 4 aromatic rings. The van der Waals surface area contributed by atoms with Gasteiger partial charge in [0.05, 0.1) is 17.8 Å². The third-order valence-corrected chi connectivity index (χ3v) is 7.05. The molecule has 0 unspecified atom stereocenters. The standard InChI is InChI=1S/C28H29N5S/c1-4-22-9-5-6-11-25(22)33-19(2)17-23(20(33)3)27-26(24-10-7-8-14-30-24)31-28(34)32(27)18-21-12-15-29-16-13-21/h5-17,26-27H,4,18H2,1-3H3,(H,31,34)/t26-,27+/m1/s1. The highest BCUT2D eigenvalue weighted by Crippen LogP contribution is 2.42. The topological polar surface area (TPSA) is 46.0 Å². The van der Waals surface area contributed by atoms with Gasteiger partial charge >= 0.3 is 0 Å². The molecule has 1 N–H and O–H groups in total. The maximum Gasteiger partial charge on any atom is 0.170 e. The van der Waals surface area contributed by atoms with E-state index in [2.05, 4.69) is 89.1 Å². The second-order valence-corrected chi connectivity index (χ2v) is 9.14. The summed E-state index contributed by atoms with van der Waals surface area (Å²) >= 11 is 5.87. The highest BCUT2D eigenvalue weighted by atomic mass is 32.1. The smallest absolute Gasteiger partial charge is 0.170 e. The first-order valence-electron chi connectivity index (χ1n) is 11.7. The summed E-state index contributed by atoms with van der Waals surface area (Å²) < 4.78 is 2.38. The average molecular weight is 468 g/mol. The predicted molar refractivity (Wildman–Crippen MR) is 140 cm³/mol. The van der Waals surface area contributed by atoms with Crippen molar-refractivity contribution in [2.24, 2.45) is 0 Å². The first kappa shape index (κ1) is 22.3. The van der Waals surface area contributed by atoms with Gasteiger partial charge in [0.2, 0.25) is 0 Å². The number of aromatic nitrogens is 3. The molecule has 1 aliphatic heterocycles. The maximum atomic E-state index is 5.87. The molecule has 34 heavy (non-hydrogen) atoms. The van der Waals surface area contributed by atoms with Gasteiger partial charge in [-0.3, -0.25) is 9.97 Å². The number of hydrogen-bond donors (Lipinski definition) is 1. The first-order valence-corrected chi connectivity index (χ1v) is 12.1. The summed E-state index contributed by atoms with van der Waals surface area (Å²) in [7, 11) is 0. The van der Waals surface area contributed by atoms with Gasteiger partial charge in [-0.25, -0.2) is 0 Å². The van der Waals surface area contributed by atoms with Crippen molar-refractivity contribution in [3.05, 3.63) is 113 Å². The Bertz CT molecular complexity index is 1300. The van der Waals surface area contributed by atoms with E-state index in [1.165, 1.54) is 33.8 Å². The molecule has 5 nitrogen and oxygen atoms in total. The monoisotopic (exact) mass is 467 g/mol. The van der Waals surface area contributed by atoms with Gasteiger partial charge in [0, 0.05) is 42.2 Å². The fourth-order valence-corrected chi connectivity index (χ4v) is 5.39. The molecule has 1 aromatic carbocycles. The quantitative estimate of drug-likeness (QED) is 0.373. The lowest BCUT2D eigenvalue weighted by Gasteiger charge is -2.28. The third kappa shape index (κ3) is 3.99. The van der Waals surface area contributed by atoms with Crippen molar-refractivity contribution in [3.63, 3.8) is 0 Å².